The van der Waals surface area contributed by atoms with Crippen LogP contribution >= 0.6 is 0 Å². The fraction of sp³-hybridized carbons (Fsp3) is 0.263. The third-order valence-corrected chi connectivity index (χ3v) is 4.96. The Labute approximate surface area is 152 Å². The lowest BCUT2D eigenvalue weighted by atomic mass is 9.87. The molecule has 0 aliphatic rings. The van der Waals surface area contributed by atoms with Gasteiger partial charge in [0.25, 0.3) is 5.91 Å². The molecule has 0 radical (unpaired) electrons. The summed E-state index contributed by atoms with van der Waals surface area (Å²) in [5.41, 5.74) is -0.417. The summed E-state index contributed by atoms with van der Waals surface area (Å²) in [5.74, 6) is -1.93. The predicted octanol–water partition coefficient (Wildman–Crippen LogP) is 2.35. The quantitative estimate of drug-likeness (QED) is 0.774. The number of amides is 1. The minimum atomic E-state index is -3.24. The molecule has 1 unspecified atom stereocenters. The first-order valence-corrected chi connectivity index (χ1v) is 10.1. The number of benzene rings is 2. The maximum atomic E-state index is 12.7. The average Bonchev–Trinajstić information content (AvgIpc) is 2.58. The summed E-state index contributed by atoms with van der Waals surface area (Å²) in [6.45, 7) is 1.68. The highest BCUT2D eigenvalue weighted by molar-refractivity contribution is 7.89. The van der Waals surface area contributed by atoms with Gasteiger partial charge in [-0.05, 0) is 29.7 Å². The summed E-state index contributed by atoms with van der Waals surface area (Å²) >= 11 is 0. The van der Waals surface area contributed by atoms with Gasteiger partial charge in [-0.1, -0.05) is 49.4 Å². The molecule has 0 bridgehead atoms. The molecule has 1 amide bonds. The van der Waals surface area contributed by atoms with Gasteiger partial charge in [0.1, 0.15) is 0 Å². The number of carbonyl (C=O) groups is 2. The van der Waals surface area contributed by atoms with E-state index in [-0.39, 0.29) is 17.7 Å². The molecule has 0 aliphatic carbocycles. The molecule has 0 heterocycles. The van der Waals surface area contributed by atoms with Crippen LogP contribution in [0.5, 0.6) is 0 Å². The molecule has 0 aliphatic heterocycles. The number of carboxylic acid groups (broad SMARTS) is 1. The van der Waals surface area contributed by atoms with E-state index in [1.807, 2.05) is 0 Å². The maximum absolute atomic E-state index is 12.7. The first-order chi connectivity index (χ1) is 12.2. The van der Waals surface area contributed by atoms with Gasteiger partial charge in [-0.3, -0.25) is 4.79 Å². The Morgan fingerprint density at radius 3 is 2.27 bits per heavy atom. The van der Waals surface area contributed by atoms with Crippen molar-refractivity contribution in [1.82, 2.24) is 5.32 Å². The van der Waals surface area contributed by atoms with Crippen molar-refractivity contribution in [3.05, 3.63) is 71.3 Å². The van der Waals surface area contributed by atoms with Gasteiger partial charge in [0.15, 0.2) is 15.4 Å². The van der Waals surface area contributed by atoms with Crippen LogP contribution in [0.1, 0.15) is 34.8 Å². The molecule has 2 rings (SSSR count). The van der Waals surface area contributed by atoms with E-state index in [0.29, 0.717) is 11.1 Å². The molecule has 0 fully saturated rings. The van der Waals surface area contributed by atoms with Crippen LogP contribution in [0.2, 0.25) is 0 Å². The van der Waals surface area contributed by atoms with Crippen molar-refractivity contribution in [2.24, 2.45) is 0 Å². The lowest BCUT2D eigenvalue weighted by molar-refractivity contribution is -0.145. The van der Waals surface area contributed by atoms with Crippen LogP contribution in [0.3, 0.4) is 0 Å². The van der Waals surface area contributed by atoms with Crippen LogP contribution in [0.15, 0.2) is 54.6 Å². The second-order valence-corrected chi connectivity index (χ2v) is 8.29. The van der Waals surface area contributed by atoms with Crippen molar-refractivity contribution in [2.75, 3.05) is 6.26 Å². The maximum Gasteiger partial charge on any atom is 0.334 e. The Balaban J connectivity index is 2.37. The zero-order chi connectivity index (χ0) is 19.4. The van der Waals surface area contributed by atoms with Gasteiger partial charge >= 0.3 is 5.97 Å². The fourth-order valence-corrected chi connectivity index (χ4v) is 3.57. The lowest BCUT2D eigenvalue weighted by Crippen LogP contribution is -2.51. The molecule has 2 aromatic carbocycles. The van der Waals surface area contributed by atoms with Gasteiger partial charge in [-0.2, -0.15) is 0 Å². The molecule has 6 nitrogen and oxygen atoms in total. The number of hydrogen-bond acceptors (Lipinski definition) is 4. The molecule has 7 heteroatoms. The second-order valence-electron chi connectivity index (χ2n) is 6.15. The van der Waals surface area contributed by atoms with Crippen molar-refractivity contribution in [3.8, 4) is 0 Å². The highest BCUT2D eigenvalue weighted by atomic mass is 32.2. The van der Waals surface area contributed by atoms with Crippen molar-refractivity contribution in [3.63, 3.8) is 0 Å². The Kier molecular flexibility index (Phi) is 5.82. The number of rotatable bonds is 7. The van der Waals surface area contributed by atoms with Gasteiger partial charge in [-0.15, -0.1) is 0 Å². The van der Waals surface area contributed by atoms with Gasteiger partial charge < -0.3 is 10.4 Å². The van der Waals surface area contributed by atoms with Gasteiger partial charge in [0.05, 0.1) is 5.75 Å². The van der Waals surface area contributed by atoms with Crippen LogP contribution in [-0.4, -0.2) is 31.7 Å². The van der Waals surface area contributed by atoms with Crippen LogP contribution in [0, 0.1) is 0 Å². The topological polar surface area (TPSA) is 101 Å². The summed E-state index contributed by atoms with van der Waals surface area (Å²) in [6.07, 6.45) is 1.27. The molecule has 0 spiro atoms. The summed E-state index contributed by atoms with van der Waals surface area (Å²) < 4.78 is 22.9. The number of aliphatic carboxylic acids is 1. The molecular weight excluding hydrogens is 354 g/mol. The van der Waals surface area contributed by atoms with Crippen LogP contribution in [-0.2, 0) is 25.9 Å². The van der Waals surface area contributed by atoms with Crippen LogP contribution in [0.25, 0.3) is 0 Å². The molecule has 26 heavy (non-hydrogen) atoms. The number of nitrogens with one attached hydrogen (secondary N) is 1. The lowest BCUT2D eigenvalue weighted by Gasteiger charge is -2.30. The van der Waals surface area contributed by atoms with E-state index in [1.54, 1.807) is 49.4 Å². The van der Waals surface area contributed by atoms with Crippen LogP contribution in [0.4, 0.5) is 0 Å². The Hall–Kier alpha value is -2.67. The van der Waals surface area contributed by atoms with E-state index < -0.39 is 27.3 Å². The largest absolute Gasteiger partial charge is 0.479 e. The summed E-state index contributed by atoms with van der Waals surface area (Å²) in [6, 6.07) is 14.7. The Morgan fingerprint density at radius 2 is 1.73 bits per heavy atom. The van der Waals surface area contributed by atoms with Crippen molar-refractivity contribution in [1.29, 1.82) is 0 Å². The summed E-state index contributed by atoms with van der Waals surface area (Å²) in [7, 11) is -3.24. The molecule has 138 valence electrons. The van der Waals surface area contributed by atoms with Crippen LogP contribution < -0.4 is 5.32 Å². The van der Waals surface area contributed by atoms with E-state index >= 15 is 0 Å². The molecular formula is C19H21NO5S. The SMILES string of the molecule is CCC(NC(=O)c1cccc(CS(C)(=O)=O)c1)(C(=O)O)c1ccccc1. The summed E-state index contributed by atoms with van der Waals surface area (Å²) in [5, 5.41) is 12.4. The molecule has 2 aromatic rings. The average molecular weight is 375 g/mol. The van der Waals surface area contributed by atoms with E-state index in [0.717, 1.165) is 6.26 Å². The third-order valence-electron chi connectivity index (χ3n) is 4.11. The van der Waals surface area contributed by atoms with Crippen molar-refractivity contribution >= 4 is 21.7 Å². The highest BCUT2D eigenvalue weighted by Gasteiger charge is 2.40. The van der Waals surface area contributed by atoms with Crippen molar-refractivity contribution in [2.45, 2.75) is 24.6 Å². The zero-order valence-electron chi connectivity index (χ0n) is 14.6. The predicted molar refractivity (Wildman–Crippen MR) is 98.5 cm³/mol. The first-order valence-electron chi connectivity index (χ1n) is 8.06. The Morgan fingerprint density at radius 1 is 1.08 bits per heavy atom. The summed E-state index contributed by atoms with van der Waals surface area (Å²) in [4.78, 5) is 24.7. The molecule has 2 N–H and O–H groups in total. The minimum absolute atomic E-state index is 0.154. The minimum Gasteiger partial charge on any atom is -0.479 e. The van der Waals surface area contributed by atoms with Crippen molar-refractivity contribution < 1.29 is 23.1 Å². The standard InChI is InChI=1S/C19H21NO5S/c1-3-19(18(22)23,16-10-5-4-6-11-16)20-17(21)15-9-7-8-14(12-15)13-26(2,24)25/h4-12H,3,13H2,1-2H3,(H,20,21)(H,22,23). The normalized spacial score (nSPS) is 13.6. The van der Waals surface area contributed by atoms with E-state index in [1.165, 1.54) is 12.1 Å². The van der Waals surface area contributed by atoms with Gasteiger partial charge in [0.2, 0.25) is 0 Å². The first kappa shape index (κ1) is 19.7. The Bertz CT molecular complexity index is 909. The van der Waals surface area contributed by atoms with E-state index in [9.17, 15) is 23.1 Å². The number of sulfone groups is 1. The van der Waals surface area contributed by atoms with Gasteiger partial charge in [0, 0.05) is 11.8 Å². The zero-order valence-corrected chi connectivity index (χ0v) is 15.4. The second kappa shape index (κ2) is 7.70. The number of hydrogen-bond donors (Lipinski definition) is 2. The highest BCUT2D eigenvalue weighted by Crippen LogP contribution is 2.26. The van der Waals surface area contributed by atoms with E-state index in [2.05, 4.69) is 5.32 Å². The molecule has 0 aromatic heterocycles. The fourth-order valence-electron chi connectivity index (χ4n) is 2.79. The monoisotopic (exact) mass is 375 g/mol. The molecule has 0 saturated carbocycles. The third kappa shape index (κ3) is 4.49. The molecule has 1 atom stereocenters. The number of carbonyl (C=O) groups excluding carboxylic acids is 1. The van der Waals surface area contributed by atoms with E-state index in [4.69, 9.17) is 0 Å². The molecule has 0 saturated heterocycles. The smallest absolute Gasteiger partial charge is 0.334 e. The van der Waals surface area contributed by atoms with Gasteiger partial charge in [-0.25, -0.2) is 13.2 Å². The number of carboxylic acids is 1.